The SMILES string of the molecule is COC(=O)C1=C(C)NC(CCCCCCCN)=C(C(=O)OCC(C2CC2)C2CC2)[C@H]1c1ccccc1Cl. The van der Waals surface area contributed by atoms with E-state index in [2.05, 4.69) is 5.32 Å². The maximum absolute atomic E-state index is 13.9. The Balaban J connectivity index is 1.64. The molecule has 7 heteroatoms. The smallest absolute Gasteiger partial charge is 0.336 e. The minimum absolute atomic E-state index is 0.365. The van der Waals surface area contributed by atoms with Crippen molar-refractivity contribution in [2.45, 2.75) is 77.0 Å². The molecule has 37 heavy (non-hydrogen) atoms. The summed E-state index contributed by atoms with van der Waals surface area (Å²) in [4.78, 5) is 26.9. The standard InChI is InChI=1S/C30H41ClN2O4/c1-19-26(29(34)36-2)27(22-10-7-8-11-24(22)31)28(25(33-19)12-6-4-3-5-9-17-32)30(35)37-18-23(20-13-14-20)21-15-16-21/h7-8,10-11,20-21,23,27,33H,3-6,9,12-18,32H2,1-2H3/t27-/m0/s1. The lowest BCUT2D eigenvalue weighted by molar-refractivity contribution is -0.141. The van der Waals surface area contributed by atoms with Crippen molar-refractivity contribution < 1.29 is 19.1 Å². The van der Waals surface area contributed by atoms with Gasteiger partial charge in [0.15, 0.2) is 0 Å². The normalized spacial score (nSPS) is 19.8. The van der Waals surface area contributed by atoms with Crippen LogP contribution in [0.1, 0.15) is 82.6 Å². The lowest BCUT2D eigenvalue weighted by Gasteiger charge is -2.32. The Labute approximate surface area is 226 Å². The average Bonchev–Trinajstić information content (AvgIpc) is 3.81. The lowest BCUT2D eigenvalue weighted by atomic mass is 9.79. The number of allylic oxidation sites excluding steroid dienone is 2. The van der Waals surface area contributed by atoms with Crippen LogP contribution >= 0.6 is 11.6 Å². The van der Waals surface area contributed by atoms with Crippen molar-refractivity contribution in [3.8, 4) is 0 Å². The highest BCUT2D eigenvalue weighted by molar-refractivity contribution is 6.31. The maximum atomic E-state index is 13.9. The van der Waals surface area contributed by atoms with Gasteiger partial charge in [0.05, 0.1) is 30.8 Å². The molecule has 1 heterocycles. The summed E-state index contributed by atoms with van der Waals surface area (Å²) in [5, 5.41) is 3.89. The van der Waals surface area contributed by atoms with Gasteiger partial charge >= 0.3 is 11.9 Å². The monoisotopic (exact) mass is 528 g/mol. The van der Waals surface area contributed by atoms with E-state index in [0.717, 1.165) is 37.8 Å². The summed E-state index contributed by atoms with van der Waals surface area (Å²) in [7, 11) is 1.36. The zero-order valence-corrected chi connectivity index (χ0v) is 22.9. The van der Waals surface area contributed by atoms with Crippen LogP contribution in [0.15, 0.2) is 46.8 Å². The van der Waals surface area contributed by atoms with Crippen molar-refractivity contribution in [3.05, 3.63) is 57.4 Å². The molecule has 3 N–H and O–H groups in total. The summed E-state index contributed by atoms with van der Waals surface area (Å²) < 4.78 is 11.2. The van der Waals surface area contributed by atoms with E-state index in [1.807, 2.05) is 25.1 Å². The van der Waals surface area contributed by atoms with E-state index in [4.69, 9.17) is 26.8 Å². The summed E-state index contributed by atoms with van der Waals surface area (Å²) in [6.45, 7) is 3.01. The van der Waals surface area contributed by atoms with E-state index in [0.29, 0.717) is 64.8 Å². The molecule has 0 bridgehead atoms. The number of esters is 2. The Morgan fingerprint density at radius 3 is 2.27 bits per heavy atom. The van der Waals surface area contributed by atoms with E-state index in [1.165, 1.54) is 32.8 Å². The number of halogens is 1. The number of nitrogens with two attached hydrogens (primary N) is 1. The Kier molecular flexibility index (Phi) is 9.71. The number of nitrogens with one attached hydrogen (secondary N) is 1. The minimum Gasteiger partial charge on any atom is -0.466 e. The molecule has 3 aliphatic rings. The average molecular weight is 529 g/mol. The third kappa shape index (κ3) is 6.97. The van der Waals surface area contributed by atoms with Crippen molar-refractivity contribution in [2.75, 3.05) is 20.3 Å². The van der Waals surface area contributed by atoms with Crippen LogP contribution in [0.4, 0.5) is 0 Å². The molecule has 1 aliphatic heterocycles. The minimum atomic E-state index is -0.651. The quantitative estimate of drug-likeness (QED) is 0.227. The number of carbonyl (C=O) groups is 2. The van der Waals surface area contributed by atoms with Gasteiger partial charge in [-0.25, -0.2) is 9.59 Å². The third-order valence-corrected chi connectivity index (χ3v) is 8.32. The van der Waals surface area contributed by atoms with Gasteiger partial charge in [-0.05, 0) is 87.8 Å². The molecule has 0 amide bonds. The fraction of sp³-hybridized carbons (Fsp3) is 0.600. The van der Waals surface area contributed by atoms with Gasteiger partial charge in [0.1, 0.15) is 0 Å². The number of carbonyl (C=O) groups excluding carboxylic acids is 2. The van der Waals surface area contributed by atoms with E-state index in [1.54, 1.807) is 6.07 Å². The molecular formula is C30H41ClN2O4. The van der Waals surface area contributed by atoms with Gasteiger partial charge in [0.25, 0.3) is 0 Å². The number of benzene rings is 1. The van der Waals surface area contributed by atoms with Crippen LogP contribution in [0, 0.1) is 17.8 Å². The van der Waals surface area contributed by atoms with Crippen molar-refractivity contribution in [1.29, 1.82) is 0 Å². The number of ether oxygens (including phenoxy) is 2. The van der Waals surface area contributed by atoms with Crippen LogP contribution in [0.2, 0.25) is 5.02 Å². The first-order valence-electron chi connectivity index (χ1n) is 13.9. The lowest BCUT2D eigenvalue weighted by Crippen LogP contribution is -2.34. The number of unbranched alkanes of at least 4 members (excludes halogenated alkanes) is 4. The molecule has 0 radical (unpaired) electrons. The molecule has 1 atom stereocenters. The van der Waals surface area contributed by atoms with Crippen molar-refractivity contribution in [2.24, 2.45) is 23.5 Å². The zero-order valence-electron chi connectivity index (χ0n) is 22.2. The maximum Gasteiger partial charge on any atom is 0.336 e. The highest BCUT2D eigenvalue weighted by Crippen LogP contribution is 2.49. The van der Waals surface area contributed by atoms with E-state index in [-0.39, 0.29) is 5.97 Å². The summed E-state index contributed by atoms with van der Waals surface area (Å²) in [6.07, 6.45) is 10.8. The molecule has 2 aliphatic carbocycles. The highest BCUT2D eigenvalue weighted by Gasteiger charge is 2.43. The van der Waals surface area contributed by atoms with Gasteiger partial charge in [-0.2, -0.15) is 0 Å². The van der Waals surface area contributed by atoms with Crippen LogP contribution in [0.25, 0.3) is 0 Å². The second kappa shape index (κ2) is 13.0. The Bertz CT molecular complexity index is 1030. The molecule has 0 spiro atoms. The van der Waals surface area contributed by atoms with Gasteiger partial charge in [0, 0.05) is 16.4 Å². The fourth-order valence-electron chi connectivity index (χ4n) is 5.67. The summed E-state index contributed by atoms with van der Waals surface area (Å²) >= 11 is 6.66. The second-order valence-electron chi connectivity index (χ2n) is 10.7. The first-order chi connectivity index (χ1) is 18.0. The van der Waals surface area contributed by atoms with Crippen LogP contribution in [-0.2, 0) is 19.1 Å². The van der Waals surface area contributed by atoms with Gasteiger partial charge in [0.2, 0.25) is 0 Å². The van der Waals surface area contributed by atoms with Crippen LogP contribution in [0.5, 0.6) is 0 Å². The van der Waals surface area contributed by atoms with E-state index in [9.17, 15) is 9.59 Å². The fourth-order valence-corrected chi connectivity index (χ4v) is 5.91. The van der Waals surface area contributed by atoms with E-state index < -0.39 is 11.9 Å². The Hall–Kier alpha value is -2.31. The van der Waals surface area contributed by atoms with Crippen LogP contribution in [0.3, 0.4) is 0 Å². The molecule has 2 fully saturated rings. The van der Waals surface area contributed by atoms with Gasteiger partial charge in [-0.3, -0.25) is 0 Å². The number of dihydropyridines is 1. The molecule has 2 saturated carbocycles. The van der Waals surface area contributed by atoms with Gasteiger partial charge < -0.3 is 20.5 Å². The third-order valence-electron chi connectivity index (χ3n) is 7.98. The number of rotatable bonds is 14. The van der Waals surface area contributed by atoms with Crippen molar-refractivity contribution >= 4 is 23.5 Å². The number of methoxy groups -OCH3 is 1. The first-order valence-corrected chi connectivity index (χ1v) is 14.2. The molecule has 0 saturated heterocycles. The Morgan fingerprint density at radius 2 is 1.65 bits per heavy atom. The summed E-state index contributed by atoms with van der Waals surface area (Å²) in [6, 6.07) is 7.40. The van der Waals surface area contributed by atoms with Crippen LogP contribution in [-0.4, -0.2) is 32.2 Å². The second-order valence-corrected chi connectivity index (χ2v) is 11.2. The van der Waals surface area contributed by atoms with Gasteiger partial charge in [-0.15, -0.1) is 0 Å². The zero-order chi connectivity index (χ0) is 26.4. The van der Waals surface area contributed by atoms with E-state index >= 15 is 0 Å². The predicted octanol–water partition coefficient (Wildman–Crippen LogP) is 6.01. The predicted molar refractivity (Wildman–Crippen MR) is 146 cm³/mol. The molecule has 1 aromatic rings. The topological polar surface area (TPSA) is 90.6 Å². The van der Waals surface area contributed by atoms with Crippen molar-refractivity contribution in [3.63, 3.8) is 0 Å². The Morgan fingerprint density at radius 1 is 1.00 bits per heavy atom. The molecule has 0 aromatic heterocycles. The largest absolute Gasteiger partial charge is 0.466 e. The highest BCUT2D eigenvalue weighted by atomic mass is 35.5. The summed E-state index contributed by atoms with van der Waals surface area (Å²) in [5.74, 6) is 0.314. The number of hydrogen-bond acceptors (Lipinski definition) is 6. The molecule has 1 aromatic carbocycles. The van der Waals surface area contributed by atoms with Crippen LogP contribution < -0.4 is 11.1 Å². The number of hydrogen-bond donors (Lipinski definition) is 2. The first kappa shape index (κ1) is 27.7. The molecule has 202 valence electrons. The molecule has 6 nitrogen and oxygen atoms in total. The molecule has 4 rings (SSSR count). The molecule has 0 unspecified atom stereocenters. The molecular weight excluding hydrogens is 488 g/mol. The summed E-state index contributed by atoms with van der Waals surface area (Å²) in [5.41, 5.74) is 8.71. The van der Waals surface area contributed by atoms with Crippen molar-refractivity contribution in [1.82, 2.24) is 5.32 Å². The van der Waals surface area contributed by atoms with Gasteiger partial charge in [-0.1, -0.05) is 49.1 Å².